The van der Waals surface area contributed by atoms with Crippen LogP contribution in [0.1, 0.15) is 52.9 Å². The van der Waals surface area contributed by atoms with Crippen molar-refractivity contribution in [3.63, 3.8) is 0 Å². The number of rotatable bonds is 2. The average Bonchev–Trinajstić information content (AvgIpc) is 2.37. The Kier molecular flexibility index (Phi) is 9.02. The van der Waals surface area contributed by atoms with Crippen LogP contribution in [0.3, 0.4) is 0 Å². The van der Waals surface area contributed by atoms with Gasteiger partial charge in [-0.15, -0.1) is 0 Å². The van der Waals surface area contributed by atoms with Crippen LogP contribution in [0, 0.1) is 5.92 Å². The Bertz CT molecular complexity index is 73.1. The van der Waals surface area contributed by atoms with Crippen molar-refractivity contribution < 1.29 is 4.74 Å². The molecule has 1 fully saturated rings. The Morgan fingerprint density at radius 2 is 1.92 bits per heavy atom. The predicted molar refractivity (Wildman–Crippen MR) is 54.4 cm³/mol. The third-order valence-corrected chi connectivity index (χ3v) is 2.27. The van der Waals surface area contributed by atoms with Crippen LogP contribution in [-0.4, -0.2) is 13.2 Å². The van der Waals surface area contributed by atoms with E-state index in [1.165, 1.54) is 32.1 Å². The summed E-state index contributed by atoms with van der Waals surface area (Å²) in [4.78, 5) is 0. The normalized spacial score (nSPS) is 23.8. The van der Waals surface area contributed by atoms with Gasteiger partial charge in [-0.1, -0.05) is 33.6 Å². The van der Waals surface area contributed by atoms with Crippen molar-refractivity contribution in [2.45, 2.75) is 52.9 Å². The van der Waals surface area contributed by atoms with Gasteiger partial charge in [0.2, 0.25) is 0 Å². The summed E-state index contributed by atoms with van der Waals surface area (Å²) in [6.45, 7) is 8.27. The minimum atomic E-state index is 0.965. The van der Waals surface area contributed by atoms with E-state index in [1.54, 1.807) is 0 Å². The molecule has 1 heterocycles. The minimum absolute atomic E-state index is 0.965. The highest BCUT2D eigenvalue weighted by Gasteiger charge is 2.10. The van der Waals surface area contributed by atoms with E-state index in [0.29, 0.717) is 0 Å². The maximum Gasteiger partial charge on any atom is 0.0468 e. The lowest BCUT2D eigenvalue weighted by molar-refractivity contribution is 0.141. The van der Waals surface area contributed by atoms with Gasteiger partial charge in [-0.3, -0.25) is 0 Å². The van der Waals surface area contributed by atoms with Crippen LogP contribution in [0.25, 0.3) is 0 Å². The van der Waals surface area contributed by atoms with Crippen LogP contribution in [0.5, 0.6) is 0 Å². The molecule has 12 heavy (non-hydrogen) atoms. The highest BCUT2D eigenvalue weighted by Crippen LogP contribution is 2.20. The molecule has 1 aliphatic rings. The quantitative estimate of drug-likeness (QED) is 0.618. The van der Waals surface area contributed by atoms with E-state index in [-0.39, 0.29) is 0 Å². The molecule has 1 heteroatoms. The molecule has 0 aromatic heterocycles. The molecule has 0 bridgehead atoms. The second kappa shape index (κ2) is 9.05. The van der Waals surface area contributed by atoms with E-state index in [1.807, 2.05) is 13.8 Å². The van der Waals surface area contributed by atoms with Gasteiger partial charge in [0.05, 0.1) is 0 Å². The lowest BCUT2D eigenvalue weighted by Crippen LogP contribution is -1.99. The fourth-order valence-electron chi connectivity index (χ4n) is 1.67. The van der Waals surface area contributed by atoms with E-state index in [9.17, 15) is 0 Å². The molecular weight excluding hydrogens is 148 g/mol. The van der Waals surface area contributed by atoms with E-state index >= 15 is 0 Å². The first kappa shape index (κ1) is 12.0. The highest BCUT2D eigenvalue weighted by molar-refractivity contribution is 4.61. The lowest BCUT2D eigenvalue weighted by atomic mass is 9.96. The molecule has 1 rings (SSSR count). The average molecular weight is 172 g/mol. The van der Waals surface area contributed by atoms with Gasteiger partial charge in [0.25, 0.3) is 0 Å². The zero-order chi connectivity index (χ0) is 9.23. The first-order chi connectivity index (χ1) is 5.93. The fourth-order valence-corrected chi connectivity index (χ4v) is 1.67. The van der Waals surface area contributed by atoms with Gasteiger partial charge in [0.15, 0.2) is 0 Å². The summed E-state index contributed by atoms with van der Waals surface area (Å²) in [5.74, 6) is 0.965. The van der Waals surface area contributed by atoms with Gasteiger partial charge in [0.1, 0.15) is 0 Å². The molecule has 0 saturated carbocycles. The first-order valence-electron chi connectivity index (χ1n) is 5.51. The molecule has 0 N–H and O–H groups in total. The molecule has 0 amide bonds. The molecule has 74 valence electrons. The van der Waals surface area contributed by atoms with Gasteiger partial charge in [-0.2, -0.15) is 0 Å². The Hall–Kier alpha value is -0.0400. The molecule has 1 unspecified atom stereocenters. The van der Waals surface area contributed by atoms with E-state index < -0.39 is 0 Å². The summed E-state index contributed by atoms with van der Waals surface area (Å²) in [5.41, 5.74) is 0. The van der Waals surface area contributed by atoms with Crippen LogP contribution in [-0.2, 0) is 4.74 Å². The Morgan fingerprint density at radius 3 is 2.58 bits per heavy atom. The van der Waals surface area contributed by atoms with Crippen LogP contribution >= 0.6 is 0 Å². The Morgan fingerprint density at radius 1 is 1.17 bits per heavy atom. The molecular formula is C11H24O. The Labute approximate surface area is 77.5 Å². The molecule has 1 aliphatic heterocycles. The van der Waals surface area contributed by atoms with Crippen molar-refractivity contribution >= 4 is 0 Å². The van der Waals surface area contributed by atoms with E-state index in [0.717, 1.165) is 19.1 Å². The van der Waals surface area contributed by atoms with E-state index in [4.69, 9.17) is 4.74 Å². The van der Waals surface area contributed by atoms with Gasteiger partial charge < -0.3 is 4.74 Å². The lowest BCUT2D eigenvalue weighted by Gasteiger charge is -2.10. The SMILES string of the molecule is CC.CCCC1CCCOCC1. The molecule has 0 radical (unpaired) electrons. The monoisotopic (exact) mass is 172 g/mol. The predicted octanol–water partition coefficient (Wildman–Crippen LogP) is 3.63. The van der Waals surface area contributed by atoms with Crippen molar-refractivity contribution in [3.05, 3.63) is 0 Å². The number of hydrogen-bond acceptors (Lipinski definition) is 1. The van der Waals surface area contributed by atoms with Crippen LogP contribution < -0.4 is 0 Å². The molecule has 0 aromatic carbocycles. The zero-order valence-corrected chi connectivity index (χ0v) is 8.94. The van der Waals surface area contributed by atoms with Crippen LogP contribution in [0.15, 0.2) is 0 Å². The van der Waals surface area contributed by atoms with E-state index in [2.05, 4.69) is 6.92 Å². The molecule has 0 aliphatic carbocycles. The third-order valence-electron chi connectivity index (χ3n) is 2.27. The summed E-state index contributed by atoms with van der Waals surface area (Å²) in [5, 5.41) is 0. The summed E-state index contributed by atoms with van der Waals surface area (Å²) in [6, 6.07) is 0. The minimum Gasteiger partial charge on any atom is -0.381 e. The van der Waals surface area contributed by atoms with Crippen LogP contribution in [0.2, 0.25) is 0 Å². The van der Waals surface area contributed by atoms with Crippen molar-refractivity contribution in [1.82, 2.24) is 0 Å². The maximum atomic E-state index is 5.37. The molecule has 1 nitrogen and oxygen atoms in total. The van der Waals surface area contributed by atoms with Crippen molar-refractivity contribution in [3.8, 4) is 0 Å². The molecule has 0 spiro atoms. The number of hydrogen-bond donors (Lipinski definition) is 0. The summed E-state index contributed by atoms with van der Waals surface area (Å²) in [6.07, 6.45) is 6.72. The van der Waals surface area contributed by atoms with Crippen molar-refractivity contribution in [2.24, 2.45) is 5.92 Å². The van der Waals surface area contributed by atoms with Gasteiger partial charge in [-0.05, 0) is 25.2 Å². The van der Waals surface area contributed by atoms with Gasteiger partial charge in [0, 0.05) is 13.2 Å². The van der Waals surface area contributed by atoms with Crippen LogP contribution in [0.4, 0.5) is 0 Å². The largest absolute Gasteiger partial charge is 0.381 e. The van der Waals surface area contributed by atoms with Crippen molar-refractivity contribution in [2.75, 3.05) is 13.2 Å². The molecule has 1 atom stereocenters. The second-order valence-corrected chi connectivity index (χ2v) is 3.20. The maximum absolute atomic E-state index is 5.37. The van der Waals surface area contributed by atoms with Gasteiger partial charge in [-0.25, -0.2) is 0 Å². The number of ether oxygens (including phenoxy) is 1. The summed E-state index contributed by atoms with van der Waals surface area (Å²) < 4.78 is 5.37. The van der Waals surface area contributed by atoms with Gasteiger partial charge >= 0.3 is 0 Å². The van der Waals surface area contributed by atoms with Crippen molar-refractivity contribution in [1.29, 1.82) is 0 Å². The summed E-state index contributed by atoms with van der Waals surface area (Å²) >= 11 is 0. The zero-order valence-electron chi connectivity index (χ0n) is 8.94. The first-order valence-corrected chi connectivity index (χ1v) is 5.51. The Balaban J connectivity index is 0.000000561. The third kappa shape index (κ3) is 5.59. The smallest absolute Gasteiger partial charge is 0.0468 e. The summed E-state index contributed by atoms with van der Waals surface area (Å²) in [7, 11) is 0. The topological polar surface area (TPSA) is 9.23 Å². The molecule has 0 aromatic rings. The highest BCUT2D eigenvalue weighted by atomic mass is 16.5. The molecule has 1 saturated heterocycles. The fraction of sp³-hybridized carbons (Fsp3) is 1.00. The standard InChI is InChI=1S/C9H18O.C2H6/c1-2-4-9-5-3-7-10-8-6-9;1-2/h9H,2-8H2,1H3;1-2H3. The second-order valence-electron chi connectivity index (χ2n) is 3.20.